The number of hydrogen-bond donors (Lipinski definition) is 0. The number of aromatic nitrogens is 3. The highest BCUT2D eigenvalue weighted by Gasteiger charge is 2.52. The second-order valence-corrected chi connectivity index (χ2v) is 17.9. The first kappa shape index (κ1) is 33.7. The van der Waals surface area contributed by atoms with Crippen molar-refractivity contribution in [2.24, 2.45) is 11.3 Å². The van der Waals surface area contributed by atoms with Gasteiger partial charge in [-0.1, -0.05) is 147 Å². The third-order valence-electron chi connectivity index (χ3n) is 14.0. The fraction of sp³-hybridized carbons (Fsp3) is 0.204. The molecular formula is C54H43N3O. The van der Waals surface area contributed by atoms with E-state index >= 15 is 0 Å². The highest BCUT2D eigenvalue weighted by atomic mass is 16.5. The molecule has 0 amide bonds. The summed E-state index contributed by atoms with van der Waals surface area (Å²) in [5.41, 5.74) is 11.4. The lowest BCUT2D eigenvalue weighted by Gasteiger charge is -2.42. The van der Waals surface area contributed by atoms with Gasteiger partial charge in [0, 0.05) is 27.7 Å². The van der Waals surface area contributed by atoms with Crippen LogP contribution in [0.25, 0.3) is 55.8 Å². The van der Waals surface area contributed by atoms with Crippen LogP contribution in [0.2, 0.25) is 0 Å². The van der Waals surface area contributed by atoms with Crippen molar-refractivity contribution in [2.45, 2.75) is 56.8 Å². The topological polar surface area (TPSA) is 47.9 Å². The lowest BCUT2D eigenvalue weighted by molar-refractivity contribution is 0.145. The molecule has 2 fully saturated rings. The predicted octanol–water partition coefficient (Wildman–Crippen LogP) is 13.4. The Labute approximate surface area is 339 Å². The molecule has 1 aliphatic heterocycles. The molecule has 280 valence electrons. The van der Waals surface area contributed by atoms with Gasteiger partial charge in [-0.05, 0) is 112 Å². The fourth-order valence-corrected chi connectivity index (χ4v) is 11.8. The van der Waals surface area contributed by atoms with Gasteiger partial charge in [-0.2, -0.15) is 0 Å². The highest BCUT2D eigenvalue weighted by molar-refractivity contribution is 5.92. The molecule has 58 heavy (non-hydrogen) atoms. The maximum Gasteiger partial charge on any atom is 0.164 e. The Morgan fingerprint density at radius 3 is 1.90 bits per heavy atom. The van der Waals surface area contributed by atoms with E-state index in [1.54, 1.807) is 0 Å². The Hall–Kier alpha value is -6.39. The number of hydrogen-bond acceptors (Lipinski definition) is 4. The average Bonchev–Trinajstić information content (AvgIpc) is 3.72. The molecule has 4 nitrogen and oxygen atoms in total. The fourth-order valence-electron chi connectivity index (χ4n) is 11.8. The third kappa shape index (κ3) is 4.90. The van der Waals surface area contributed by atoms with Crippen molar-refractivity contribution in [1.29, 1.82) is 0 Å². The molecule has 4 heteroatoms. The van der Waals surface area contributed by atoms with Crippen LogP contribution in [0.15, 0.2) is 158 Å². The smallest absolute Gasteiger partial charge is 0.164 e. The van der Waals surface area contributed by atoms with Crippen LogP contribution in [0.5, 0.6) is 11.5 Å². The third-order valence-corrected chi connectivity index (χ3v) is 14.0. The Morgan fingerprint density at radius 2 is 1.12 bits per heavy atom. The van der Waals surface area contributed by atoms with Crippen LogP contribution >= 0.6 is 0 Å². The van der Waals surface area contributed by atoms with Gasteiger partial charge in [0.15, 0.2) is 11.6 Å². The minimum absolute atomic E-state index is 0.131. The Kier molecular flexibility index (Phi) is 7.15. The van der Waals surface area contributed by atoms with E-state index in [-0.39, 0.29) is 5.41 Å². The summed E-state index contributed by atoms with van der Waals surface area (Å²) < 4.78 is 6.58. The van der Waals surface area contributed by atoms with Crippen molar-refractivity contribution < 1.29 is 4.74 Å². The lowest BCUT2D eigenvalue weighted by atomic mass is 9.64. The zero-order valence-electron chi connectivity index (χ0n) is 32.9. The number of fused-ring (bicyclic) bond motifs is 12. The van der Waals surface area contributed by atoms with Gasteiger partial charge in [0.1, 0.15) is 17.3 Å². The van der Waals surface area contributed by atoms with Crippen LogP contribution in [-0.4, -0.2) is 15.0 Å². The average molecular weight is 750 g/mol. The molecule has 3 unspecified atom stereocenters. The van der Waals surface area contributed by atoms with Crippen LogP contribution in [0.4, 0.5) is 0 Å². The number of nitrogens with zero attached hydrogens (tertiary/aromatic N) is 3. The normalized spacial score (nSPS) is 21.9. The van der Waals surface area contributed by atoms with Crippen molar-refractivity contribution in [2.75, 3.05) is 0 Å². The quantitative estimate of drug-likeness (QED) is 0.180. The monoisotopic (exact) mass is 749 g/mol. The van der Waals surface area contributed by atoms with Gasteiger partial charge in [-0.25, -0.2) is 15.0 Å². The summed E-state index contributed by atoms with van der Waals surface area (Å²) in [5.74, 6) is 4.92. The molecule has 8 aromatic rings. The van der Waals surface area contributed by atoms with E-state index in [9.17, 15) is 0 Å². The molecular weight excluding hydrogens is 707 g/mol. The summed E-state index contributed by atoms with van der Waals surface area (Å²) in [4.78, 5) is 16.2. The summed E-state index contributed by atoms with van der Waals surface area (Å²) in [5, 5.41) is 2.40. The Morgan fingerprint density at radius 1 is 0.500 bits per heavy atom. The number of para-hydroxylation sites is 2. The molecule has 2 heterocycles. The predicted molar refractivity (Wildman–Crippen MR) is 233 cm³/mol. The largest absolute Gasteiger partial charge is 0.457 e. The van der Waals surface area contributed by atoms with E-state index in [1.807, 2.05) is 0 Å². The maximum atomic E-state index is 6.58. The molecule has 2 saturated carbocycles. The first-order valence-electron chi connectivity index (χ1n) is 20.9. The zero-order valence-corrected chi connectivity index (χ0v) is 32.9. The van der Waals surface area contributed by atoms with Crippen molar-refractivity contribution in [3.8, 4) is 56.5 Å². The van der Waals surface area contributed by atoms with Gasteiger partial charge in [-0.15, -0.1) is 0 Å². The Balaban J connectivity index is 1.05. The minimum Gasteiger partial charge on any atom is -0.457 e. The van der Waals surface area contributed by atoms with E-state index in [0.29, 0.717) is 11.3 Å². The summed E-state index contributed by atoms with van der Waals surface area (Å²) in [7, 11) is 0. The van der Waals surface area contributed by atoms with E-state index in [0.717, 1.165) is 64.1 Å². The summed E-state index contributed by atoms with van der Waals surface area (Å²) in [6.45, 7) is 4.90. The van der Waals surface area contributed by atoms with Crippen LogP contribution < -0.4 is 4.74 Å². The molecule has 1 aromatic heterocycles. The number of ether oxygens (including phenoxy) is 1. The first-order chi connectivity index (χ1) is 28.4. The number of benzene rings is 7. The lowest BCUT2D eigenvalue weighted by Crippen LogP contribution is -2.37. The van der Waals surface area contributed by atoms with Crippen LogP contribution in [0.1, 0.15) is 74.0 Å². The van der Waals surface area contributed by atoms with E-state index in [2.05, 4.69) is 172 Å². The van der Waals surface area contributed by atoms with Crippen molar-refractivity contribution in [3.05, 3.63) is 186 Å². The zero-order chi connectivity index (χ0) is 38.6. The molecule has 3 aliphatic carbocycles. The summed E-state index contributed by atoms with van der Waals surface area (Å²) >= 11 is 0. The summed E-state index contributed by atoms with van der Waals surface area (Å²) in [6.07, 6.45) is 6.12. The van der Waals surface area contributed by atoms with Crippen molar-refractivity contribution >= 4 is 10.8 Å². The molecule has 1 spiro atoms. The van der Waals surface area contributed by atoms with Crippen LogP contribution in [0, 0.1) is 11.3 Å². The standard InChI is InChI=1S/C54H43N3O/c1-52-28-27-34(31-52)32-53(2,33-52)51-56-49(38-24-23-35-13-3-4-14-36(35)29-38)55-50(57-51)41-17-6-5-15-39(41)37-25-26-44-42(30-37)40-16-7-8-18-43(40)54(44)45-19-9-11-21-47(45)58-48-22-12-10-20-46(48)54/h3-26,29-30,34H,27-28,31-33H2,1-2H3. The van der Waals surface area contributed by atoms with Crippen molar-refractivity contribution in [3.63, 3.8) is 0 Å². The van der Waals surface area contributed by atoms with Crippen LogP contribution in [-0.2, 0) is 10.8 Å². The molecule has 0 N–H and O–H groups in total. The molecule has 12 rings (SSSR count). The van der Waals surface area contributed by atoms with Gasteiger partial charge in [-0.3, -0.25) is 0 Å². The highest BCUT2D eigenvalue weighted by Crippen LogP contribution is 2.62. The maximum absolute atomic E-state index is 6.58. The van der Waals surface area contributed by atoms with Crippen LogP contribution in [0.3, 0.4) is 0 Å². The molecule has 7 aromatic carbocycles. The SMILES string of the molecule is CC12CCC(C1)CC(C)(c1nc(-c3ccc4ccccc4c3)nc(-c3ccccc3-c3ccc4c(c3)-c3ccccc3C43c4ccccc4Oc4ccccc43)n1)C2. The Bertz CT molecular complexity index is 2940. The van der Waals surface area contributed by atoms with E-state index in [1.165, 1.54) is 63.4 Å². The van der Waals surface area contributed by atoms with Gasteiger partial charge in [0.2, 0.25) is 0 Å². The van der Waals surface area contributed by atoms with Gasteiger partial charge < -0.3 is 4.74 Å². The number of rotatable bonds is 4. The minimum atomic E-state index is -0.501. The second-order valence-electron chi connectivity index (χ2n) is 17.9. The molecule has 3 atom stereocenters. The molecule has 0 saturated heterocycles. The first-order valence-corrected chi connectivity index (χ1v) is 20.9. The van der Waals surface area contributed by atoms with Gasteiger partial charge >= 0.3 is 0 Å². The van der Waals surface area contributed by atoms with Crippen molar-refractivity contribution in [1.82, 2.24) is 15.0 Å². The van der Waals surface area contributed by atoms with E-state index in [4.69, 9.17) is 19.7 Å². The van der Waals surface area contributed by atoms with E-state index < -0.39 is 5.41 Å². The summed E-state index contributed by atoms with van der Waals surface area (Å²) in [6, 6.07) is 56.9. The second kappa shape index (κ2) is 12.3. The van der Waals surface area contributed by atoms with Gasteiger partial charge in [0.05, 0.1) is 5.41 Å². The molecule has 0 radical (unpaired) electrons. The molecule has 4 aliphatic rings. The molecule has 2 bridgehead atoms. The van der Waals surface area contributed by atoms with Gasteiger partial charge in [0.25, 0.3) is 0 Å².